The molecule has 1 unspecified atom stereocenters. The Balaban J connectivity index is 2.10. The van der Waals surface area contributed by atoms with Crippen LogP contribution in [-0.2, 0) is 9.47 Å². The molecule has 0 fully saturated rings. The van der Waals surface area contributed by atoms with Crippen molar-refractivity contribution in [2.45, 2.75) is 19.1 Å². The molecule has 2 nitrogen and oxygen atoms in total. The first-order valence-electron chi connectivity index (χ1n) is 3.41. The smallest absolute Gasteiger partial charge is 0.199 e. The molecule has 10 heavy (non-hydrogen) atoms. The lowest BCUT2D eigenvalue weighted by atomic mass is 10.3. The highest BCUT2D eigenvalue weighted by atomic mass is 35.5. The number of hydrogen-bond acceptors (Lipinski definition) is 2. The molecule has 0 aromatic rings. The summed E-state index contributed by atoms with van der Waals surface area (Å²) >= 11 is 5.42. The van der Waals surface area contributed by atoms with Gasteiger partial charge >= 0.3 is 0 Å². The van der Waals surface area contributed by atoms with Gasteiger partial charge in [0.05, 0.1) is 12.9 Å². The molecule has 0 N–H and O–H groups in total. The Morgan fingerprint density at radius 3 is 3.20 bits per heavy atom. The van der Waals surface area contributed by atoms with Gasteiger partial charge in [0, 0.05) is 12.3 Å². The van der Waals surface area contributed by atoms with Gasteiger partial charge in [-0.25, -0.2) is 0 Å². The van der Waals surface area contributed by atoms with Gasteiger partial charge in [-0.3, -0.25) is 0 Å². The lowest BCUT2D eigenvalue weighted by Crippen LogP contribution is -2.17. The van der Waals surface area contributed by atoms with Crippen molar-refractivity contribution in [2.24, 2.45) is 0 Å². The average molecular weight is 163 g/mol. The molecule has 1 atom stereocenters. The first-order valence-corrected chi connectivity index (χ1v) is 3.95. The normalized spacial score (nSPS) is 24.3. The van der Waals surface area contributed by atoms with Crippen LogP contribution >= 0.6 is 11.6 Å². The Labute approximate surface area is 65.8 Å². The van der Waals surface area contributed by atoms with Crippen molar-refractivity contribution < 1.29 is 9.47 Å². The third-order valence-corrected chi connectivity index (χ3v) is 1.43. The van der Waals surface area contributed by atoms with Crippen LogP contribution in [0.3, 0.4) is 0 Å². The molecule has 1 heterocycles. The predicted molar refractivity (Wildman–Crippen MR) is 39.9 cm³/mol. The maximum Gasteiger partial charge on any atom is 0.199 e. The van der Waals surface area contributed by atoms with Crippen molar-refractivity contribution in [2.75, 3.05) is 12.5 Å². The van der Waals surface area contributed by atoms with E-state index in [1.807, 2.05) is 6.08 Å². The zero-order valence-corrected chi connectivity index (χ0v) is 6.51. The van der Waals surface area contributed by atoms with Crippen LogP contribution in [0.4, 0.5) is 0 Å². The van der Waals surface area contributed by atoms with E-state index in [9.17, 15) is 0 Å². The third kappa shape index (κ3) is 2.58. The zero-order chi connectivity index (χ0) is 7.23. The lowest BCUT2D eigenvalue weighted by molar-refractivity contribution is -0.110. The highest BCUT2D eigenvalue weighted by Gasteiger charge is 2.09. The molecular formula is C7H11ClO2. The second-order valence-electron chi connectivity index (χ2n) is 2.07. The molecule has 1 aliphatic rings. The number of halogens is 1. The van der Waals surface area contributed by atoms with Crippen LogP contribution in [0.1, 0.15) is 12.8 Å². The Bertz CT molecular complexity index is 114. The second kappa shape index (κ2) is 4.58. The summed E-state index contributed by atoms with van der Waals surface area (Å²) in [6.45, 7) is 0.570. The third-order valence-electron chi connectivity index (χ3n) is 1.28. The maximum atomic E-state index is 5.42. The average Bonchev–Trinajstić information content (AvgIpc) is 2.03. The van der Waals surface area contributed by atoms with Crippen LogP contribution < -0.4 is 0 Å². The van der Waals surface area contributed by atoms with Crippen molar-refractivity contribution in [1.82, 2.24) is 0 Å². The van der Waals surface area contributed by atoms with E-state index in [4.69, 9.17) is 21.1 Å². The number of hydrogen-bond donors (Lipinski definition) is 0. The van der Waals surface area contributed by atoms with E-state index in [1.54, 1.807) is 6.26 Å². The monoisotopic (exact) mass is 162 g/mol. The van der Waals surface area contributed by atoms with E-state index >= 15 is 0 Å². The van der Waals surface area contributed by atoms with Gasteiger partial charge in [0.2, 0.25) is 0 Å². The van der Waals surface area contributed by atoms with E-state index in [1.165, 1.54) is 0 Å². The number of rotatable bonds is 3. The summed E-state index contributed by atoms with van der Waals surface area (Å²) in [7, 11) is 0. The highest BCUT2D eigenvalue weighted by molar-refractivity contribution is 6.17. The Hall–Kier alpha value is -0.210. The van der Waals surface area contributed by atoms with E-state index in [2.05, 4.69) is 0 Å². The fourth-order valence-corrected chi connectivity index (χ4v) is 0.899. The first kappa shape index (κ1) is 7.89. The van der Waals surface area contributed by atoms with Crippen molar-refractivity contribution in [1.29, 1.82) is 0 Å². The summed E-state index contributed by atoms with van der Waals surface area (Å²) in [4.78, 5) is 0. The fraction of sp³-hybridized carbons (Fsp3) is 0.714. The van der Waals surface area contributed by atoms with Gasteiger partial charge in [0.15, 0.2) is 6.29 Å². The molecule has 0 spiro atoms. The summed E-state index contributed by atoms with van der Waals surface area (Å²) < 4.78 is 10.3. The van der Waals surface area contributed by atoms with Crippen LogP contribution in [0.5, 0.6) is 0 Å². The summed E-state index contributed by atoms with van der Waals surface area (Å²) in [5, 5.41) is 0. The molecule has 1 rings (SSSR count). The van der Waals surface area contributed by atoms with Gasteiger partial charge in [-0.05, 0) is 12.5 Å². The molecule has 0 aliphatic carbocycles. The van der Waals surface area contributed by atoms with Gasteiger partial charge < -0.3 is 9.47 Å². The van der Waals surface area contributed by atoms with Crippen LogP contribution in [0.2, 0.25) is 0 Å². The molecule has 0 radical (unpaired) electrons. The number of ether oxygens (including phenoxy) is 2. The molecular weight excluding hydrogens is 152 g/mol. The molecule has 0 aromatic heterocycles. The largest absolute Gasteiger partial charge is 0.473 e. The Morgan fingerprint density at radius 1 is 1.70 bits per heavy atom. The quantitative estimate of drug-likeness (QED) is 0.590. The van der Waals surface area contributed by atoms with Crippen LogP contribution in [-0.4, -0.2) is 18.8 Å². The zero-order valence-electron chi connectivity index (χ0n) is 5.75. The minimum atomic E-state index is -0.0660. The van der Waals surface area contributed by atoms with Crippen molar-refractivity contribution in [3.05, 3.63) is 12.3 Å². The predicted octanol–water partition coefficient (Wildman–Crippen LogP) is 1.89. The minimum absolute atomic E-state index is 0.0660. The Kier molecular flexibility index (Phi) is 3.62. The van der Waals surface area contributed by atoms with Gasteiger partial charge in [-0.1, -0.05) is 0 Å². The van der Waals surface area contributed by atoms with E-state index < -0.39 is 0 Å². The van der Waals surface area contributed by atoms with Crippen LogP contribution in [0, 0.1) is 0 Å². The fourth-order valence-electron chi connectivity index (χ4n) is 0.810. The lowest BCUT2D eigenvalue weighted by Gasteiger charge is -2.18. The van der Waals surface area contributed by atoms with Crippen LogP contribution in [0.15, 0.2) is 12.3 Å². The van der Waals surface area contributed by atoms with Gasteiger partial charge in [-0.2, -0.15) is 0 Å². The molecule has 0 saturated heterocycles. The van der Waals surface area contributed by atoms with Gasteiger partial charge in [0.1, 0.15) is 0 Å². The van der Waals surface area contributed by atoms with Crippen molar-refractivity contribution in [3.63, 3.8) is 0 Å². The van der Waals surface area contributed by atoms with Gasteiger partial charge in [0.25, 0.3) is 0 Å². The van der Waals surface area contributed by atoms with Gasteiger partial charge in [-0.15, -0.1) is 11.6 Å². The maximum absolute atomic E-state index is 5.42. The topological polar surface area (TPSA) is 18.5 Å². The van der Waals surface area contributed by atoms with Crippen molar-refractivity contribution >= 4 is 11.6 Å². The molecule has 0 aromatic carbocycles. The van der Waals surface area contributed by atoms with Crippen LogP contribution in [0.25, 0.3) is 0 Å². The molecule has 0 amide bonds. The Morgan fingerprint density at radius 2 is 2.60 bits per heavy atom. The van der Waals surface area contributed by atoms with E-state index in [-0.39, 0.29) is 6.29 Å². The SMILES string of the molecule is ClCCOC1CCC=CO1. The molecule has 3 heteroatoms. The summed E-state index contributed by atoms with van der Waals surface area (Å²) in [5.41, 5.74) is 0. The summed E-state index contributed by atoms with van der Waals surface area (Å²) in [6, 6.07) is 0. The highest BCUT2D eigenvalue weighted by Crippen LogP contribution is 2.10. The molecule has 0 bridgehead atoms. The van der Waals surface area contributed by atoms with E-state index in [0.717, 1.165) is 12.8 Å². The standard InChI is InChI=1S/C7H11ClO2/c8-4-6-10-7-3-1-2-5-9-7/h2,5,7H,1,3-4,6H2. The molecule has 1 aliphatic heterocycles. The first-order chi connectivity index (χ1) is 4.93. The molecule has 58 valence electrons. The minimum Gasteiger partial charge on any atom is -0.473 e. The van der Waals surface area contributed by atoms with E-state index in [0.29, 0.717) is 12.5 Å². The number of alkyl halides is 1. The second-order valence-corrected chi connectivity index (χ2v) is 2.45. The van der Waals surface area contributed by atoms with Crippen molar-refractivity contribution in [3.8, 4) is 0 Å². The number of allylic oxidation sites excluding steroid dienone is 1. The summed E-state index contributed by atoms with van der Waals surface area (Å²) in [5.74, 6) is 0.531. The summed E-state index contributed by atoms with van der Waals surface area (Å²) in [6.07, 6.45) is 5.58. The molecule has 0 saturated carbocycles.